The van der Waals surface area contributed by atoms with Crippen LogP contribution in [0.15, 0.2) is 36.5 Å². The molecule has 0 spiro atoms. The molecular formula is C9H11N. The van der Waals surface area contributed by atoms with E-state index in [4.69, 9.17) is 5.26 Å². The third-order valence-corrected chi connectivity index (χ3v) is 0.871. The predicted octanol–water partition coefficient (Wildman–Crippen LogP) is 2.59. The molecule has 52 valence electrons. The summed E-state index contributed by atoms with van der Waals surface area (Å²) in [7, 11) is 0. The summed E-state index contributed by atoms with van der Waals surface area (Å²) in [6.07, 6.45) is 11.9. The second-order valence-electron chi connectivity index (χ2n) is 1.70. The fraction of sp³-hybridized carbons (Fsp3) is 0.222. The van der Waals surface area contributed by atoms with Gasteiger partial charge in [-0.05, 0) is 6.92 Å². The number of rotatable bonds is 3. The molecule has 0 saturated heterocycles. The van der Waals surface area contributed by atoms with Gasteiger partial charge in [0, 0.05) is 0 Å². The van der Waals surface area contributed by atoms with Crippen molar-refractivity contribution in [2.24, 2.45) is 0 Å². The molecule has 0 aromatic carbocycles. The zero-order valence-corrected chi connectivity index (χ0v) is 6.12. The Balaban J connectivity index is 3.44. The predicted molar refractivity (Wildman–Crippen MR) is 43.3 cm³/mol. The highest BCUT2D eigenvalue weighted by molar-refractivity contribution is 5.11. The van der Waals surface area contributed by atoms with Crippen LogP contribution in [0, 0.1) is 11.3 Å². The van der Waals surface area contributed by atoms with E-state index < -0.39 is 0 Å². The Morgan fingerprint density at radius 1 is 1.20 bits per heavy atom. The summed E-state index contributed by atoms with van der Waals surface area (Å²) in [5, 5.41) is 8.13. The van der Waals surface area contributed by atoms with Crippen molar-refractivity contribution in [1.82, 2.24) is 0 Å². The van der Waals surface area contributed by atoms with Crippen molar-refractivity contribution in [3.05, 3.63) is 36.5 Å². The lowest BCUT2D eigenvalue weighted by molar-refractivity contribution is 1.35. The first-order valence-corrected chi connectivity index (χ1v) is 3.23. The Morgan fingerprint density at radius 2 is 1.90 bits per heavy atom. The summed E-state index contributed by atoms with van der Waals surface area (Å²) in [6.45, 7) is 1.96. The topological polar surface area (TPSA) is 23.8 Å². The van der Waals surface area contributed by atoms with Crippen molar-refractivity contribution < 1.29 is 0 Å². The van der Waals surface area contributed by atoms with Gasteiger partial charge < -0.3 is 0 Å². The summed E-state index contributed by atoms with van der Waals surface area (Å²) in [6, 6.07) is 2.02. The van der Waals surface area contributed by atoms with E-state index in [0.717, 1.165) is 0 Å². The Morgan fingerprint density at radius 3 is 2.50 bits per heavy atom. The summed E-state index contributed by atoms with van der Waals surface area (Å²) < 4.78 is 0. The Hall–Kier alpha value is -1.29. The molecule has 0 atom stereocenters. The van der Waals surface area contributed by atoms with E-state index in [1.165, 1.54) is 0 Å². The van der Waals surface area contributed by atoms with E-state index in [1.54, 1.807) is 0 Å². The lowest BCUT2D eigenvalue weighted by Gasteiger charge is -1.71. The van der Waals surface area contributed by atoms with Gasteiger partial charge in [0.1, 0.15) is 0 Å². The second kappa shape index (κ2) is 7.71. The molecule has 1 heteroatoms. The van der Waals surface area contributed by atoms with Crippen molar-refractivity contribution in [3.63, 3.8) is 0 Å². The second-order valence-corrected chi connectivity index (χ2v) is 1.70. The molecule has 0 aromatic heterocycles. The molecule has 10 heavy (non-hydrogen) atoms. The molecule has 0 N–H and O–H groups in total. The quantitative estimate of drug-likeness (QED) is 0.543. The largest absolute Gasteiger partial charge is 0.198 e. The summed E-state index contributed by atoms with van der Waals surface area (Å²) in [4.78, 5) is 0. The highest BCUT2D eigenvalue weighted by Gasteiger charge is 1.65. The zero-order valence-electron chi connectivity index (χ0n) is 6.12. The zero-order chi connectivity index (χ0) is 7.66. The minimum absolute atomic E-state index is 0.486. The van der Waals surface area contributed by atoms with Crippen molar-refractivity contribution in [3.8, 4) is 6.07 Å². The van der Waals surface area contributed by atoms with Gasteiger partial charge in [-0.1, -0.05) is 36.5 Å². The van der Waals surface area contributed by atoms with Gasteiger partial charge in [-0.25, -0.2) is 0 Å². The summed E-state index contributed by atoms with van der Waals surface area (Å²) in [5.74, 6) is 0. The normalized spacial score (nSPS) is 11.6. The number of hydrogen-bond donors (Lipinski definition) is 0. The Bertz CT molecular complexity index is 179. The van der Waals surface area contributed by atoms with Crippen molar-refractivity contribution >= 4 is 0 Å². The molecule has 0 bridgehead atoms. The third kappa shape index (κ3) is 6.71. The molecule has 0 rings (SSSR count). The average molecular weight is 133 g/mol. The minimum atomic E-state index is 0.486. The maximum absolute atomic E-state index is 8.13. The van der Waals surface area contributed by atoms with Gasteiger partial charge in [0.25, 0.3) is 0 Å². The highest BCUT2D eigenvalue weighted by atomic mass is 14.2. The molecule has 0 aliphatic carbocycles. The molecule has 0 unspecified atom stereocenters. The number of hydrogen-bond acceptors (Lipinski definition) is 1. The van der Waals surface area contributed by atoms with Crippen LogP contribution in [0.25, 0.3) is 0 Å². The van der Waals surface area contributed by atoms with E-state index in [0.29, 0.717) is 6.42 Å². The maximum Gasteiger partial charge on any atom is 0.0663 e. The van der Waals surface area contributed by atoms with Crippen LogP contribution in [0.1, 0.15) is 13.3 Å². The van der Waals surface area contributed by atoms with Crippen LogP contribution in [0.3, 0.4) is 0 Å². The fourth-order valence-electron chi connectivity index (χ4n) is 0.439. The van der Waals surface area contributed by atoms with Gasteiger partial charge in [-0.3, -0.25) is 0 Å². The van der Waals surface area contributed by atoms with Gasteiger partial charge in [-0.2, -0.15) is 5.26 Å². The Kier molecular flexibility index (Phi) is 6.72. The van der Waals surface area contributed by atoms with Crippen LogP contribution >= 0.6 is 0 Å². The maximum atomic E-state index is 8.13. The summed E-state index contributed by atoms with van der Waals surface area (Å²) >= 11 is 0. The van der Waals surface area contributed by atoms with E-state index in [1.807, 2.05) is 49.4 Å². The highest BCUT2D eigenvalue weighted by Crippen LogP contribution is 1.82. The SMILES string of the molecule is C\C=C/C=C\C=C\CC#N. The fourth-order valence-corrected chi connectivity index (χ4v) is 0.439. The van der Waals surface area contributed by atoms with Crippen molar-refractivity contribution in [1.29, 1.82) is 5.26 Å². The van der Waals surface area contributed by atoms with E-state index in [-0.39, 0.29) is 0 Å². The van der Waals surface area contributed by atoms with Crippen molar-refractivity contribution in [2.45, 2.75) is 13.3 Å². The van der Waals surface area contributed by atoms with Crippen LogP contribution in [0.4, 0.5) is 0 Å². The van der Waals surface area contributed by atoms with Crippen molar-refractivity contribution in [2.75, 3.05) is 0 Å². The van der Waals surface area contributed by atoms with Gasteiger partial charge in [-0.15, -0.1) is 0 Å². The molecular weight excluding hydrogens is 122 g/mol. The number of nitrogens with zero attached hydrogens (tertiary/aromatic N) is 1. The van der Waals surface area contributed by atoms with Crippen LogP contribution in [0.5, 0.6) is 0 Å². The number of nitriles is 1. The molecule has 0 radical (unpaired) electrons. The molecule has 1 nitrogen and oxygen atoms in total. The average Bonchev–Trinajstić information content (AvgIpc) is 1.97. The third-order valence-electron chi connectivity index (χ3n) is 0.871. The van der Waals surface area contributed by atoms with Crippen LogP contribution in [0.2, 0.25) is 0 Å². The van der Waals surface area contributed by atoms with E-state index in [2.05, 4.69) is 0 Å². The first kappa shape index (κ1) is 8.71. The molecule has 0 amide bonds. The molecule has 0 aliphatic heterocycles. The minimum Gasteiger partial charge on any atom is -0.198 e. The lowest BCUT2D eigenvalue weighted by atomic mass is 10.3. The first-order chi connectivity index (χ1) is 4.91. The molecule has 0 saturated carbocycles. The van der Waals surface area contributed by atoms with Gasteiger partial charge in [0.15, 0.2) is 0 Å². The smallest absolute Gasteiger partial charge is 0.0663 e. The van der Waals surface area contributed by atoms with Gasteiger partial charge in [0.05, 0.1) is 12.5 Å². The lowest BCUT2D eigenvalue weighted by Crippen LogP contribution is -1.54. The standard InChI is InChI=1S/C9H11N/c1-2-3-4-5-6-7-8-9-10/h2-7H,8H2,1H3/b3-2-,5-4-,7-6+. The van der Waals surface area contributed by atoms with E-state index in [9.17, 15) is 0 Å². The van der Waals surface area contributed by atoms with Crippen LogP contribution in [-0.2, 0) is 0 Å². The summed E-state index contributed by atoms with van der Waals surface area (Å²) in [5.41, 5.74) is 0. The first-order valence-electron chi connectivity index (χ1n) is 3.23. The van der Waals surface area contributed by atoms with Crippen LogP contribution < -0.4 is 0 Å². The van der Waals surface area contributed by atoms with Crippen LogP contribution in [-0.4, -0.2) is 0 Å². The van der Waals surface area contributed by atoms with Gasteiger partial charge >= 0.3 is 0 Å². The molecule has 0 aromatic rings. The monoisotopic (exact) mass is 133 g/mol. The van der Waals surface area contributed by atoms with Gasteiger partial charge in [0.2, 0.25) is 0 Å². The van der Waals surface area contributed by atoms with E-state index >= 15 is 0 Å². The molecule has 0 fully saturated rings. The number of allylic oxidation sites excluding steroid dienone is 6. The molecule has 0 aliphatic rings. The molecule has 0 heterocycles. The Labute approximate surface area is 62.0 Å².